The number of hydrogen-bond donors (Lipinski definition) is 1. The maximum Gasteiger partial charge on any atom is 0.243 e. The first-order valence-electron chi connectivity index (χ1n) is 9.44. The highest BCUT2D eigenvalue weighted by Gasteiger charge is 2.22. The van der Waals surface area contributed by atoms with Crippen molar-refractivity contribution in [1.82, 2.24) is 9.46 Å². The third kappa shape index (κ3) is 5.42. The van der Waals surface area contributed by atoms with Crippen LogP contribution in [0.2, 0.25) is 0 Å². The first kappa shape index (κ1) is 22.1. The number of carbonyl (C=O) groups is 1. The molecule has 0 unspecified atom stereocenters. The maximum absolute atomic E-state index is 12.5. The SMILES string of the molecule is CCN(CC)S(=O)(=O)c1ccc(CCC(=O)Nc2cc(C(C)(C)C)on2)cc1. The summed E-state index contributed by atoms with van der Waals surface area (Å²) in [5, 5.41) is 6.59. The summed E-state index contributed by atoms with van der Waals surface area (Å²) < 4.78 is 31.7. The summed E-state index contributed by atoms with van der Waals surface area (Å²) in [6.45, 7) is 10.5. The second-order valence-corrected chi connectivity index (χ2v) is 9.55. The molecule has 1 aromatic carbocycles. The number of anilines is 1. The van der Waals surface area contributed by atoms with Gasteiger partial charge in [-0.1, -0.05) is 51.9 Å². The third-order valence-corrected chi connectivity index (χ3v) is 6.49. The molecular weight excluding hydrogens is 378 g/mol. The Balaban J connectivity index is 1.94. The van der Waals surface area contributed by atoms with Crippen LogP contribution in [-0.2, 0) is 26.7 Å². The smallest absolute Gasteiger partial charge is 0.243 e. The van der Waals surface area contributed by atoms with Crippen LogP contribution in [0, 0.1) is 0 Å². The van der Waals surface area contributed by atoms with E-state index in [9.17, 15) is 13.2 Å². The van der Waals surface area contributed by atoms with E-state index in [1.807, 2.05) is 34.6 Å². The number of carbonyl (C=O) groups excluding carboxylic acids is 1. The van der Waals surface area contributed by atoms with Gasteiger partial charge in [-0.3, -0.25) is 4.79 Å². The average Bonchev–Trinajstić information content (AvgIpc) is 3.10. The average molecular weight is 408 g/mol. The second-order valence-electron chi connectivity index (χ2n) is 7.61. The topological polar surface area (TPSA) is 92.5 Å². The monoisotopic (exact) mass is 407 g/mol. The van der Waals surface area contributed by atoms with Crippen LogP contribution in [0.4, 0.5) is 5.82 Å². The molecule has 154 valence electrons. The third-order valence-electron chi connectivity index (χ3n) is 4.42. The molecule has 0 aliphatic heterocycles. The van der Waals surface area contributed by atoms with Crippen LogP contribution < -0.4 is 5.32 Å². The molecule has 28 heavy (non-hydrogen) atoms. The molecule has 0 saturated carbocycles. The van der Waals surface area contributed by atoms with Gasteiger partial charge in [-0.15, -0.1) is 0 Å². The quantitative estimate of drug-likeness (QED) is 0.722. The molecule has 0 aliphatic carbocycles. The Morgan fingerprint density at radius 1 is 1.14 bits per heavy atom. The highest BCUT2D eigenvalue weighted by atomic mass is 32.2. The van der Waals surface area contributed by atoms with Crippen LogP contribution in [0.25, 0.3) is 0 Å². The number of nitrogens with zero attached hydrogens (tertiary/aromatic N) is 2. The summed E-state index contributed by atoms with van der Waals surface area (Å²) in [6.07, 6.45) is 0.765. The van der Waals surface area contributed by atoms with Gasteiger partial charge < -0.3 is 9.84 Å². The van der Waals surface area contributed by atoms with Gasteiger partial charge >= 0.3 is 0 Å². The maximum atomic E-state index is 12.5. The van der Waals surface area contributed by atoms with E-state index in [2.05, 4.69) is 10.5 Å². The Morgan fingerprint density at radius 3 is 2.25 bits per heavy atom. The van der Waals surface area contributed by atoms with E-state index in [4.69, 9.17) is 4.52 Å². The fourth-order valence-electron chi connectivity index (χ4n) is 2.69. The molecule has 2 aromatic rings. The Hall–Kier alpha value is -2.19. The van der Waals surface area contributed by atoms with E-state index in [1.165, 1.54) is 4.31 Å². The molecule has 0 bridgehead atoms. The van der Waals surface area contributed by atoms with Gasteiger partial charge in [-0.2, -0.15) is 4.31 Å². The number of benzene rings is 1. The first-order valence-corrected chi connectivity index (χ1v) is 10.9. The van der Waals surface area contributed by atoms with E-state index in [0.29, 0.717) is 31.1 Å². The van der Waals surface area contributed by atoms with Crippen molar-refractivity contribution in [2.45, 2.75) is 57.8 Å². The van der Waals surface area contributed by atoms with Crippen LogP contribution in [0.15, 0.2) is 39.8 Å². The minimum absolute atomic E-state index is 0.173. The van der Waals surface area contributed by atoms with Crippen LogP contribution >= 0.6 is 0 Å². The largest absolute Gasteiger partial charge is 0.359 e. The zero-order valence-corrected chi connectivity index (χ0v) is 18.0. The van der Waals surface area contributed by atoms with E-state index >= 15 is 0 Å². The van der Waals surface area contributed by atoms with Crippen molar-refractivity contribution in [3.8, 4) is 0 Å². The fraction of sp³-hybridized carbons (Fsp3) is 0.500. The van der Waals surface area contributed by atoms with Crippen LogP contribution in [-0.4, -0.2) is 36.9 Å². The zero-order chi connectivity index (χ0) is 20.9. The lowest BCUT2D eigenvalue weighted by Gasteiger charge is -2.18. The van der Waals surface area contributed by atoms with Gasteiger partial charge in [0.25, 0.3) is 0 Å². The van der Waals surface area contributed by atoms with Crippen molar-refractivity contribution in [3.05, 3.63) is 41.7 Å². The summed E-state index contributed by atoms with van der Waals surface area (Å²) in [7, 11) is -3.46. The summed E-state index contributed by atoms with van der Waals surface area (Å²) in [5.41, 5.74) is 0.715. The van der Waals surface area contributed by atoms with Crippen molar-refractivity contribution < 1.29 is 17.7 Å². The van der Waals surface area contributed by atoms with E-state index in [1.54, 1.807) is 30.3 Å². The molecule has 1 aromatic heterocycles. The Labute approximate surface area is 167 Å². The van der Waals surface area contributed by atoms with E-state index in [-0.39, 0.29) is 22.6 Å². The minimum Gasteiger partial charge on any atom is -0.359 e. The highest BCUT2D eigenvalue weighted by molar-refractivity contribution is 7.89. The molecule has 2 rings (SSSR count). The standard InChI is InChI=1S/C20H29N3O4S/c1-6-23(7-2)28(25,26)16-11-8-15(9-12-16)10-13-19(24)21-18-14-17(27-22-18)20(3,4)5/h8-9,11-12,14H,6-7,10,13H2,1-5H3,(H,21,22,24). The van der Waals surface area contributed by atoms with E-state index in [0.717, 1.165) is 5.56 Å². The van der Waals surface area contributed by atoms with Crippen LogP contribution in [0.5, 0.6) is 0 Å². The predicted octanol–water partition coefficient (Wildman–Crippen LogP) is 3.57. The second kappa shape index (κ2) is 8.87. The summed E-state index contributed by atoms with van der Waals surface area (Å²) in [5.74, 6) is 0.928. The molecule has 7 nitrogen and oxygen atoms in total. The molecule has 1 amide bonds. The molecule has 0 spiro atoms. The van der Waals surface area contributed by atoms with Gasteiger partial charge in [0.05, 0.1) is 4.90 Å². The summed E-state index contributed by atoms with van der Waals surface area (Å²) in [4.78, 5) is 12.4. The fourth-order valence-corrected chi connectivity index (χ4v) is 4.15. The predicted molar refractivity (Wildman–Crippen MR) is 109 cm³/mol. The molecule has 8 heteroatoms. The van der Waals surface area contributed by atoms with Gasteiger partial charge in [-0.05, 0) is 24.1 Å². The lowest BCUT2D eigenvalue weighted by molar-refractivity contribution is -0.116. The van der Waals surface area contributed by atoms with Crippen molar-refractivity contribution in [1.29, 1.82) is 0 Å². The highest BCUT2D eigenvalue weighted by Crippen LogP contribution is 2.24. The van der Waals surface area contributed by atoms with Gasteiger partial charge in [0, 0.05) is 31.0 Å². The van der Waals surface area contributed by atoms with Gasteiger partial charge in [-0.25, -0.2) is 8.42 Å². The molecular formula is C20H29N3O4S. The zero-order valence-electron chi connectivity index (χ0n) is 17.2. The van der Waals surface area contributed by atoms with Crippen molar-refractivity contribution in [2.24, 2.45) is 0 Å². The molecule has 0 aliphatic rings. The van der Waals surface area contributed by atoms with Crippen molar-refractivity contribution in [3.63, 3.8) is 0 Å². The number of sulfonamides is 1. The number of nitrogens with one attached hydrogen (secondary N) is 1. The molecule has 1 heterocycles. The number of hydrogen-bond acceptors (Lipinski definition) is 5. The Kier molecular flexibility index (Phi) is 7.01. The Bertz CT molecular complexity index is 892. The normalized spacial score (nSPS) is 12.4. The van der Waals surface area contributed by atoms with Gasteiger partial charge in [0.1, 0.15) is 5.76 Å². The molecule has 1 N–H and O–H groups in total. The lowest BCUT2D eigenvalue weighted by atomic mass is 9.93. The molecule has 0 saturated heterocycles. The van der Waals surface area contributed by atoms with Crippen LogP contribution in [0.1, 0.15) is 52.4 Å². The number of rotatable bonds is 8. The number of aromatic nitrogens is 1. The minimum atomic E-state index is -3.46. The lowest BCUT2D eigenvalue weighted by Crippen LogP contribution is -2.30. The molecule has 0 radical (unpaired) electrons. The van der Waals surface area contributed by atoms with Gasteiger partial charge in [0.15, 0.2) is 5.82 Å². The van der Waals surface area contributed by atoms with Gasteiger partial charge in [0.2, 0.25) is 15.9 Å². The van der Waals surface area contributed by atoms with E-state index < -0.39 is 10.0 Å². The van der Waals surface area contributed by atoms with Crippen molar-refractivity contribution in [2.75, 3.05) is 18.4 Å². The molecule has 0 fully saturated rings. The summed E-state index contributed by atoms with van der Waals surface area (Å²) in [6, 6.07) is 8.40. The van der Waals surface area contributed by atoms with Crippen LogP contribution in [0.3, 0.4) is 0 Å². The number of amides is 1. The number of aryl methyl sites for hydroxylation is 1. The Morgan fingerprint density at radius 2 is 1.75 bits per heavy atom. The first-order chi connectivity index (χ1) is 13.1. The molecule has 0 atom stereocenters. The van der Waals surface area contributed by atoms with Crippen molar-refractivity contribution >= 4 is 21.7 Å². The summed E-state index contributed by atoms with van der Waals surface area (Å²) >= 11 is 0.